The van der Waals surface area contributed by atoms with Gasteiger partial charge in [0.15, 0.2) is 18.2 Å². The second kappa shape index (κ2) is 9.56. The maximum atomic E-state index is 13.6. The molecular weight excluding hydrogens is 435 g/mol. The Bertz CT molecular complexity index is 1320. The topological polar surface area (TPSA) is 94.8 Å². The van der Waals surface area contributed by atoms with Crippen LogP contribution < -0.4 is 20.3 Å². The second-order valence-corrected chi connectivity index (χ2v) is 7.75. The number of carbonyl (C=O) groups is 1. The maximum Gasteiger partial charge on any atom is 0.275 e. The predicted octanol–water partition coefficient (Wildman–Crippen LogP) is 3.45. The van der Waals surface area contributed by atoms with Gasteiger partial charge in [-0.15, -0.1) is 0 Å². The molecule has 0 spiro atoms. The Balaban J connectivity index is 1.37. The molecule has 0 saturated carbocycles. The van der Waals surface area contributed by atoms with E-state index in [-0.39, 0.29) is 24.5 Å². The van der Waals surface area contributed by atoms with Crippen LogP contribution in [0.5, 0.6) is 11.5 Å². The lowest BCUT2D eigenvalue weighted by Crippen LogP contribution is -2.20. The smallest absolute Gasteiger partial charge is 0.275 e. The van der Waals surface area contributed by atoms with Gasteiger partial charge in [-0.1, -0.05) is 36.5 Å². The number of aryl methyl sites for hydroxylation is 1. The van der Waals surface area contributed by atoms with Crippen molar-refractivity contribution in [1.82, 2.24) is 14.6 Å². The Labute approximate surface area is 186 Å². The first-order valence-electron chi connectivity index (χ1n) is 9.80. The summed E-state index contributed by atoms with van der Waals surface area (Å²) in [4.78, 5) is 29.3. The van der Waals surface area contributed by atoms with Crippen molar-refractivity contribution in [3.8, 4) is 11.5 Å². The highest BCUT2D eigenvalue weighted by atomic mass is 32.1. The number of hydrogen-bond donors (Lipinski definition) is 1. The molecule has 32 heavy (non-hydrogen) atoms. The normalized spacial score (nSPS) is 10.8. The van der Waals surface area contributed by atoms with Gasteiger partial charge in [0.05, 0.1) is 5.69 Å². The van der Waals surface area contributed by atoms with Gasteiger partial charge in [-0.25, -0.2) is 9.37 Å². The Morgan fingerprint density at radius 3 is 2.81 bits per heavy atom. The van der Waals surface area contributed by atoms with Crippen molar-refractivity contribution in [3.63, 3.8) is 0 Å². The van der Waals surface area contributed by atoms with Crippen LogP contribution in [0.15, 0.2) is 59.4 Å². The molecule has 0 aliphatic rings. The van der Waals surface area contributed by atoms with E-state index >= 15 is 0 Å². The minimum atomic E-state index is -0.536. The summed E-state index contributed by atoms with van der Waals surface area (Å²) in [7, 11) is 0. The van der Waals surface area contributed by atoms with Crippen LogP contribution in [0.4, 0.5) is 10.1 Å². The van der Waals surface area contributed by atoms with E-state index < -0.39 is 11.7 Å². The lowest BCUT2D eigenvalue weighted by atomic mass is 10.3. The van der Waals surface area contributed by atoms with E-state index in [4.69, 9.17) is 9.47 Å². The molecule has 0 aliphatic heterocycles. The molecule has 0 fully saturated rings. The third kappa shape index (κ3) is 5.09. The lowest BCUT2D eigenvalue weighted by molar-refractivity contribution is -0.118. The summed E-state index contributed by atoms with van der Waals surface area (Å²) in [6, 6.07) is 14.0. The highest BCUT2D eigenvalue weighted by Gasteiger charge is 2.10. The lowest BCUT2D eigenvalue weighted by Gasteiger charge is -2.10. The zero-order valence-electron chi connectivity index (χ0n) is 17.1. The molecule has 0 aliphatic carbocycles. The van der Waals surface area contributed by atoms with Crippen LogP contribution in [-0.2, 0) is 17.8 Å². The van der Waals surface area contributed by atoms with Crippen molar-refractivity contribution < 1.29 is 18.7 Å². The Hall–Kier alpha value is -3.79. The number of rotatable bonds is 8. The number of fused-ring (bicyclic) bond motifs is 1. The number of nitrogens with one attached hydrogen (secondary N) is 1. The first-order chi connectivity index (χ1) is 15.5. The molecule has 4 aromatic rings. The number of carbonyl (C=O) groups excluding carboxylic acids is 1. The zero-order valence-corrected chi connectivity index (χ0v) is 17.9. The molecule has 8 nitrogen and oxygen atoms in total. The van der Waals surface area contributed by atoms with Gasteiger partial charge in [0, 0.05) is 17.8 Å². The van der Waals surface area contributed by atoms with Crippen LogP contribution in [0.3, 0.4) is 0 Å². The van der Waals surface area contributed by atoms with Crippen LogP contribution in [-0.4, -0.2) is 27.1 Å². The second-order valence-electron chi connectivity index (χ2n) is 6.71. The molecule has 4 rings (SSSR count). The van der Waals surface area contributed by atoms with Crippen LogP contribution in [0.25, 0.3) is 4.96 Å². The Kier molecular flexibility index (Phi) is 6.41. The van der Waals surface area contributed by atoms with Crippen LogP contribution >= 0.6 is 11.3 Å². The largest absolute Gasteiger partial charge is 0.487 e. The van der Waals surface area contributed by atoms with Crippen molar-refractivity contribution in [2.45, 2.75) is 20.0 Å². The molecule has 10 heteroatoms. The number of aromatic nitrogens is 3. The van der Waals surface area contributed by atoms with Crippen LogP contribution in [0.2, 0.25) is 0 Å². The minimum absolute atomic E-state index is 0.00658. The van der Waals surface area contributed by atoms with Crippen molar-refractivity contribution in [3.05, 3.63) is 81.5 Å². The average Bonchev–Trinajstić information content (AvgIpc) is 3.21. The van der Waals surface area contributed by atoms with Gasteiger partial charge in [-0.2, -0.15) is 9.61 Å². The summed E-state index contributed by atoms with van der Waals surface area (Å²) in [5.74, 6) is -0.487. The summed E-state index contributed by atoms with van der Waals surface area (Å²) in [6.45, 7) is 1.71. The fraction of sp³-hybridized carbons (Fsp3) is 0.182. The summed E-state index contributed by atoms with van der Waals surface area (Å²) >= 11 is 1.36. The number of para-hydroxylation sites is 1. The molecule has 2 aromatic heterocycles. The number of amides is 1. The minimum Gasteiger partial charge on any atom is -0.487 e. The van der Waals surface area contributed by atoms with Gasteiger partial charge < -0.3 is 14.8 Å². The zero-order chi connectivity index (χ0) is 22.5. The van der Waals surface area contributed by atoms with Gasteiger partial charge in [0.2, 0.25) is 4.96 Å². The van der Waals surface area contributed by atoms with E-state index in [1.165, 1.54) is 40.1 Å². The quantitative estimate of drug-likeness (QED) is 0.438. The third-order valence-electron chi connectivity index (χ3n) is 4.34. The molecule has 0 bridgehead atoms. The fourth-order valence-corrected chi connectivity index (χ4v) is 3.69. The van der Waals surface area contributed by atoms with Gasteiger partial charge >= 0.3 is 0 Å². The fourth-order valence-electron chi connectivity index (χ4n) is 2.84. The standard InChI is InChI=1S/C22H19FN4O4S/c1-2-20-26-27-21(29)11-15(25-22(27)32-20)12-30-16-7-5-6-14(10-16)24-19(28)13-31-18-9-4-3-8-17(18)23/h3-11H,2,12-13H2,1H3,(H,24,28). The summed E-state index contributed by atoms with van der Waals surface area (Å²) in [6.07, 6.45) is 0.725. The number of nitrogens with zero attached hydrogens (tertiary/aromatic N) is 3. The molecule has 164 valence electrons. The van der Waals surface area contributed by atoms with Gasteiger partial charge in [0.25, 0.3) is 11.5 Å². The van der Waals surface area contributed by atoms with Crippen molar-refractivity contribution in [1.29, 1.82) is 0 Å². The number of ether oxygens (including phenoxy) is 2. The molecular formula is C22H19FN4O4S. The van der Waals surface area contributed by atoms with Gasteiger partial charge in [0.1, 0.15) is 17.4 Å². The predicted molar refractivity (Wildman–Crippen MR) is 118 cm³/mol. The van der Waals surface area contributed by atoms with Crippen LogP contribution in [0.1, 0.15) is 17.6 Å². The van der Waals surface area contributed by atoms with Crippen molar-refractivity contribution >= 4 is 27.9 Å². The number of hydrogen-bond acceptors (Lipinski definition) is 7. The Morgan fingerprint density at radius 1 is 1.16 bits per heavy atom. The average molecular weight is 454 g/mol. The first kappa shape index (κ1) is 21.4. The molecule has 0 radical (unpaired) electrons. The van der Waals surface area contributed by atoms with E-state index in [1.807, 2.05) is 6.92 Å². The molecule has 2 heterocycles. The number of benzene rings is 2. The monoisotopic (exact) mass is 454 g/mol. The van der Waals surface area contributed by atoms with Gasteiger partial charge in [-0.05, 0) is 30.7 Å². The van der Waals surface area contributed by atoms with Gasteiger partial charge in [-0.3, -0.25) is 9.59 Å². The molecule has 1 amide bonds. The highest BCUT2D eigenvalue weighted by Crippen LogP contribution is 2.19. The summed E-state index contributed by atoms with van der Waals surface area (Å²) in [5, 5.41) is 7.72. The third-order valence-corrected chi connectivity index (χ3v) is 5.40. The number of anilines is 1. The molecule has 0 atom stereocenters. The van der Waals surface area contributed by atoms with E-state index in [0.717, 1.165) is 11.4 Å². The molecule has 2 aromatic carbocycles. The molecule has 0 unspecified atom stereocenters. The van der Waals surface area contributed by atoms with Crippen molar-refractivity contribution in [2.24, 2.45) is 0 Å². The summed E-state index contributed by atoms with van der Waals surface area (Å²) in [5.41, 5.74) is 0.706. The Morgan fingerprint density at radius 2 is 2.00 bits per heavy atom. The van der Waals surface area contributed by atoms with E-state index in [0.29, 0.717) is 22.1 Å². The van der Waals surface area contributed by atoms with E-state index in [2.05, 4.69) is 15.4 Å². The van der Waals surface area contributed by atoms with E-state index in [9.17, 15) is 14.0 Å². The summed E-state index contributed by atoms with van der Waals surface area (Å²) < 4.78 is 25.8. The maximum absolute atomic E-state index is 13.6. The SMILES string of the molecule is CCc1nn2c(=O)cc(COc3cccc(NC(=O)COc4ccccc4F)c3)nc2s1. The highest BCUT2D eigenvalue weighted by molar-refractivity contribution is 7.16. The molecule has 1 N–H and O–H groups in total. The number of halogens is 1. The molecule has 0 saturated heterocycles. The first-order valence-corrected chi connectivity index (χ1v) is 10.6. The van der Waals surface area contributed by atoms with Crippen molar-refractivity contribution in [2.75, 3.05) is 11.9 Å². The van der Waals surface area contributed by atoms with E-state index in [1.54, 1.807) is 30.3 Å². The van der Waals surface area contributed by atoms with Crippen LogP contribution in [0, 0.1) is 5.82 Å².